The molecule has 0 aromatic rings. The molecule has 0 aliphatic heterocycles. The van der Waals surface area contributed by atoms with Crippen molar-refractivity contribution in [3.63, 3.8) is 0 Å². The molecular formula is C59H88O5. The summed E-state index contributed by atoms with van der Waals surface area (Å²) in [5.74, 6) is -0.588. The maximum absolute atomic E-state index is 12.8. The van der Waals surface area contributed by atoms with Gasteiger partial charge in [-0.25, -0.2) is 0 Å². The Morgan fingerprint density at radius 3 is 1.08 bits per heavy atom. The highest BCUT2D eigenvalue weighted by Gasteiger charge is 2.17. The molecule has 0 aliphatic rings. The number of hydrogen-bond donors (Lipinski definition) is 0. The average Bonchev–Trinajstić information content (AvgIpc) is 3.30. The zero-order valence-corrected chi connectivity index (χ0v) is 40.5. The second kappa shape index (κ2) is 52.6. The van der Waals surface area contributed by atoms with E-state index in [0.717, 1.165) is 122 Å². The zero-order valence-electron chi connectivity index (χ0n) is 40.5. The average molecular weight is 877 g/mol. The smallest absolute Gasteiger partial charge is 0.306 e. The molecule has 0 N–H and O–H groups in total. The first-order chi connectivity index (χ1) is 31.6. The predicted molar refractivity (Wildman–Crippen MR) is 278 cm³/mol. The molecule has 0 rings (SSSR count). The predicted octanol–water partition coefficient (Wildman–Crippen LogP) is 16.9. The summed E-state index contributed by atoms with van der Waals surface area (Å²) in [5, 5.41) is 0. The topological polar surface area (TPSA) is 61.8 Å². The van der Waals surface area contributed by atoms with Crippen molar-refractivity contribution in [3.8, 4) is 0 Å². The van der Waals surface area contributed by atoms with E-state index in [4.69, 9.17) is 14.2 Å². The Bertz CT molecular complexity index is 1500. The van der Waals surface area contributed by atoms with Gasteiger partial charge in [-0.15, -0.1) is 0 Å². The monoisotopic (exact) mass is 877 g/mol. The molecule has 5 heteroatoms. The third-order valence-electron chi connectivity index (χ3n) is 9.26. The number of esters is 2. The number of carbonyl (C=O) groups excluding carboxylic acids is 2. The minimum absolute atomic E-state index is 0.00980. The van der Waals surface area contributed by atoms with Gasteiger partial charge in [0.05, 0.1) is 13.2 Å². The van der Waals surface area contributed by atoms with Crippen molar-refractivity contribution in [3.05, 3.63) is 170 Å². The normalized spacial score (nSPS) is 13.7. The largest absolute Gasteiger partial charge is 0.462 e. The van der Waals surface area contributed by atoms with Crippen molar-refractivity contribution in [1.29, 1.82) is 0 Å². The maximum atomic E-state index is 12.8. The van der Waals surface area contributed by atoms with Crippen molar-refractivity contribution >= 4 is 11.9 Å². The Balaban J connectivity index is 4.58. The highest BCUT2D eigenvalue weighted by molar-refractivity contribution is 5.70. The van der Waals surface area contributed by atoms with E-state index in [1.165, 1.54) is 0 Å². The molecule has 0 aromatic heterocycles. The van der Waals surface area contributed by atoms with Crippen molar-refractivity contribution in [2.24, 2.45) is 0 Å². The molecule has 0 fully saturated rings. The summed E-state index contributed by atoms with van der Waals surface area (Å²) < 4.78 is 17.2. The van der Waals surface area contributed by atoms with Gasteiger partial charge < -0.3 is 14.2 Å². The summed E-state index contributed by atoms with van der Waals surface area (Å²) in [6, 6.07) is 0. The molecule has 5 nitrogen and oxygen atoms in total. The van der Waals surface area contributed by atoms with Crippen LogP contribution in [-0.2, 0) is 23.8 Å². The summed E-state index contributed by atoms with van der Waals surface area (Å²) >= 11 is 0. The summed E-state index contributed by atoms with van der Waals surface area (Å²) in [6.45, 7) is 7.12. The molecule has 0 amide bonds. The van der Waals surface area contributed by atoms with Crippen LogP contribution in [0.4, 0.5) is 0 Å². The fraction of sp³-hybridized carbons (Fsp3) is 0.492. The lowest BCUT2D eigenvalue weighted by atomic mass is 10.1. The standard InChI is InChI=1S/C59H88O5/c1-4-7-10-13-16-19-22-25-27-29-30-31-32-35-37-40-43-46-49-52-58(60)63-56-57(64-59(61)53-50-47-44-41-38-34-24-21-18-15-12-9-6-3)55-62-54-51-48-45-42-39-36-33-28-26-23-20-17-14-11-8-5-2/h7-12,16-21,25-28,30-31,34-39,43,45-46,48,57H,4-6,13-15,22-24,29,32-33,40-42,44,47,49-56H2,1-3H3/b10-7-,11-8-,12-9-,19-16-,20-17-,21-18-,27-25-,28-26-,31-30-,37-35-,38-34-,39-36-,46-43-,48-45-. The van der Waals surface area contributed by atoms with E-state index >= 15 is 0 Å². The van der Waals surface area contributed by atoms with Gasteiger partial charge in [0.15, 0.2) is 6.10 Å². The molecular weight excluding hydrogens is 789 g/mol. The van der Waals surface area contributed by atoms with Crippen LogP contribution < -0.4 is 0 Å². The number of carbonyl (C=O) groups is 2. The Kier molecular flexibility index (Phi) is 48.7. The molecule has 0 saturated carbocycles. The van der Waals surface area contributed by atoms with Gasteiger partial charge in [-0.2, -0.15) is 0 Å². The molecule has 0 aromatic carbocycles. The molecule has 0 bridgehead atoms. The fourth-order valence-corrected chi connectivity index (χ4v) is 5.73. The molecule has 354 valence electrons. The number of allylic oxidation sites excluding steroid dienone is 27. The first-order valence-corrected chi connectivity index (χ1v) is 24.7. The minimum atomic E-state index is -0.635. The van der Waals surface area contributed by atoms with Crippen molar-refractivity contribution < 1.29 is 23.8 Å². The van der Waals surface area contributed by atoms with Crippen molar-refractivity contribution in [1.82, 2.24) is 0 Å². The summed E-state index contributed by atoms with van der Waals surface area (Å²) in [4.78, 5) is 25.3. The van der Waals surface area contributed by atoms with Crippen LogP contribution in [0, 0.1) is 0 Å². The van der Waals surface area contributed by atoms with Gasteiger partial charge in [0.25, 0.3) is 0 Å². The van der Waals surface area contributed by atoms with Crippen molar-refractivity contribution in [2.75, 3.05) is 19.8 Å². The van der Waals surface area contributed by atoms with Crippen LogP contribution in [0.15, 0.2) is 170 Å². The van der Waals surface area contributed by atoms with Gasteiger partial charge in [-0.1, -0.05) is 197 Å². The zero-order chi connectivity index (χ0) is 46.3. The van der Waals surface area contributed by atoms with Gasteiger partial charge >= 0.3 is 11.9 Å². The molecule has 0 spiro atoms. The van der Waals surface area contributed by atoms with Crippen LogP contribution in [0.25, 0.3) is 0 Å². The number of hydrogen-bond acceptors (Lipinski definition) is 5. The second-order valence-corrected chi connectivity index (χ2v) is 15.2. The van der Waals surface area contributed by atoms with Gasteiger partial charge in [0.1, 0.15) is 6.61 Å². The fourth-order valence-electron chi connectivity index (χ4n) is 5.73. The number of unbranched alkanes of at least 4 members (excludes halogenated alkanes) is 3. The Labute approximate surface area is 392 Å². The van der Waals surface area contributed by atoms with E-state index < -0.39 is 6.10 Å². The summed E-state index contributed by atoms with van der Waals surface area (Å²) in [7, 11) is 0. The van der Waals surface area contributed by atoms with Gasteiger partial charge in [0, 0.05) is 12.8 Å². The van der Waals surface area contributed by atoms with E-state index in [0.29, 0.717) is 19.4 Å². The van der Waals surface area contributed by atoms with E-state index in [2.05, 4.69) is 185 Å². The van der Waals surface area contributed by atoms with E-state index in [-0.39, 0.29) is 31.6 Å². The maximum Gasteiger partial charge on any atom is 0.306 e. The summed E-state index contributed by atoms with van der Waals surface area (Å²) in [5.41, 5.74) is 0. The highest BCUT2D eigenvalue weighted by Crippen LogP contribution is 2.09. The number of ether oxygens (including phenoxy) is 3. The molecule has 1 unspecified atom stereocenters. The van der Waals surface area contributed by atoms with Crippen LogP contribution in [0.5, 0.6) is 0 Å². The van der Waals surface area contributed by atoms with Crippen LogP contribution in [-0.4, -0.2) is 37.9 Å². The van der Waals surface area contributed by atoms with E-state index in [1.807, 2.05) is 6.08 Å². The minimum Gasteiger partial charge on any atom is -0.462 e. The van der Waals surface area contributed by atoms with Gasteiger partial charge in [-0.3, -0.25) is 9.59 Å². The molecule has 0 aliphatic carbocycles. The van der Waals surface area contributed by atoms with Crippen LogP contribution in [0.1, 0.15) is 162 Å². The Hall–Kier alpha value is -4.74. The number of rotatable bonds is 42. The lowest BCUT2D eigenvalue weighted by Gasteiger charge is -2.18. The SMILES string of the molecule is CC/C=C\C/C=C\C/C=C\C/C=C\C/C=C\C/C=C\CCC(=O)OCC(COCC/C=C\C/C=C\C/C=C\C/C=C\C/C=C\CC)OC(=O)CCCCC/C=C\C/C=C\C/C=C\CC. The molecule has 0 heterocycles. The first-order valence-electron chi connectivity index (χ1n) is 24.7. The highest BCUT2D eigenvalue weighted by atomic mass is 16.6. The third kappa shape index (κ3) is 49.9. The van der Waals surface area contributed by atoms with E-state index in [1.54, 1.807) is 0 Å². The molecule has 0 saturated heterocycles. The van der Waals surface area contributed by atoms with Crippen LogP contribution in [0.2, 0.25) is 0 Å². The van der Waals surface area contributed by atoms with Crippen LogP contribution in [0.3, 0.4) is 0 Å². The van der Waals surface area contributed by atoms with Crippen LogP contribution >= 0.6 is 0 Å². The Morgan fingerprint density at radius 1 is 0.344 bits per heavy atom. The third-order valence-corrected chi connectivity index (χ3v) is 9.26. The quantitative estimate of drug-likeness (QED) is 0.0347. The molecule has 0 radical (unpaired) electrons. The second-order valence-electron chi connectivity index (χ2n) is 15.2. The summed E-state index contributed by atoms with van der Waals surface area (Å²) in [6.07, 6.45) is 79.7. The van der Waals surface area contributed by atoms with Crippen molar-refractivity contribution in [2.45, 2.75) is 168 Å². The van der Waals surface area contributed by atoms with Gasteiger partial charge in [-0.05, 0) is 122 Å². The Morgan fingerprint density at radius 2 is 0.688 bits per heavy atom. The molecule has 1 atom stereocenters. The first kappa shape index (κ1) is 59.3. The lowest BCUT2D eigenvalue weighted by molar-refractivity contribution is -0.162. The van der Waals surface area contributed by atoms with Gasteiger partial charge in [0.2, 0.25) is 0 Å². The molecule has 64 heavy (non-hydrogen) atoms. The lowest BCUT2D eigenvalue weighted by Crippen LogP contribution is -2.30. The van der Waals surface area contributed by atoms with E-state index in [9.17, 15) is 9.59 Å².